The molecule has 4 nitrogen and oxygen atoms in total. The normalized spacial score (nSPS) is 10.1. The summed E-state index contributed by atoms with van der Waals surface area (Å²) in [6.07, 6.45) is 2.86. The predicted octanol–water partition coefficient (Wildman–Crippen LogP) is 2.81. The number of nitrogen functional groups attached to an aromatic ring is 1. The highest BCUT2D eigenvalue weighted by Crippen LogP contribution is 2.30. The van der Waals surface area contributed by atoms with Crippen molar-refractivity contribution in [1.82, 2.24) is 9.97 Å². The summed E-state index contributed by atoms with van der Waals surface area (Å²) in [5.41, 5.74) is 7.29. The molecule has 0 bridgehead atoms. The average molecular weight is 236 g/mol. The van der Waals surface area contributed by atoms with Crippen molar-refractivity contribution in [2.24, 2.45) is 0 Å². The standard InChI is InChI=1S/C11H10ClN3O/c1-7-9(13)3-2-4-10(7)16-11-8(12)5-14-6-15-11/h2-6H,13H2,1H3. The molecule has 0 unspecified atom stereocenters. The fourth-order valence-corrected chi connectivity index (χ4v) is 1.37. The van der Waals surface area contributed by atoms with E-state index < -0.39 is 0 Å². The molecule has 1 heterocycles. The van der Waals surface area contributed by atoms with Crippen LogP contribution in [0.5, 0.6) is 11.6 Å². The van der Waals surface area contributed by atoms with Gasteiger partial charge in [-0.3, -0.25) is 0 Å². The number of nitrogens with two attached hydrogens (primary N) is 1. The van der Waals surface area contributed by atoms with Gasteiger partial charge in [0.15, 0.2) is 0 Å². The van der Waals surface area contributed by atoms with Crippen LogP contribution < -0.4 is 10.5 Å². The average Bonchev–Trinajstić information content (AvgIpc) is 2.28. The molecular formula is C11H10ClN3O. The molecule has 5 heteroatoms. The second-order valence-electron chi connectivity index (χ2n) is 3.25. The molecule has 0 aliphatic rings. The van der Waals surface area contributed by atoms with Gasteiger partial charge in [0.25, 0.3) is 0 Å². The molecule has 2 aromatic rings. The largest absolute Gasteiger partial charge is 0.437 e. The third-order valence-electron chi connectivity index (χ3n) is 2.17. The fourth-order valence-electron chi connectivity index (χ4n) is 1.22. The van der Waals surface area contributed by atoms with E-state index in [2.05, 4.69) is 9.97 Å². The minimum atomic E-state index is 0.324. The van der Waals surface area contributed by atoms with Crippen molar-refractivity contribution < 1.29 is 4.74 Å². The minimum Gasteiger partial charge on any atom is -0.437 e. The van der Waals surface area contributed by atoms with Crippen molar-refractivity contribution in [3.8, 4) is 11.6 Å². The number of hydrogen-bond donors (Lipinski definition) is 1. The first-order valence-corrected chi connectivity index (χ1v) is 5.04. The molecule has 16 heavy (non-hydrogen) atoms. The van der Waals surface area contributed by atoms with Crippen LogP contribution in [0.2, 0.25) is 5.02 Å². The van der Waals surface area contributed by atoms with E-state index in [1.807, 2.05) is 25.1 Å². The Hall–Kier alpha value is -1.81. The Balaban J connectivity index is 2.35. The van der Waals surface area contributed by atoms with Crippen LogP contribution in [0.25, 0.3) is 0 Å². The maximum Gasteiger partial charge on any atom is 0.241 e. The predicted molar refractivity (Wildman–Crippen MR) is 62.7 cm³/mol. The minimum absolute atomic E-state index is 0.324. The van der Waals surface area contributed by atoms with Crippen LogP contribution in [-0.2, 0) is 0 Å². The lowest BCUT2D eigenvalue weighted by molar-refractivity contribution is 0.458. The van der Waals surface area contributed by atoms with Crippen LogP contribution in [0.15, 0.2) is 30.7 Å². The van der Waals surface area contributed by atoms with Crippen LogP contribution in [0.4, 0.5) is 5.69 Å². The lowest BCUT2D eigenvalue weighted by atomic mass is 10.2. The molecule has 82 valence electrons. The van der Waals surface area contributed by atoms with E-state index in [9.17, 15) is 0 Å². The van der Waals surface area contributed by atoms with Crippen LogP contribution >= 0.6 is 11.6 Å². The van der Waals surface area contributed by atoms with E-state index in [0.717, 1.165) is 5.56 Å². The zero-order chi connectivity index (χ0) is 11.5. The quantitative estimate of drug-likeness (QED) is 0.813. The van der Waals surface area contributed by atoms with E-state index in [-0.39, 0.29) is 0 Å². The summed E-state index contributed by atoms with van der Waals surface area (Å²) < 4.78 is 5.56. The summed E-state index contributed by atoms with van der Waals surface area (Å²) in [5, 5.41) is 0.365. The van der Waals surface area contributed by atoms with Gasteiger partial charge in [0.1, 0.15) is 17.1 Å². The molecule has 0 radical (unpaired) electrons. The lowest BCUT2D eigenvalue weighted by Crippen LogP contribution is -1.95. The Bertz CT molecular complexity index is 516. The van der Waals surface area contributed by atoms with Gasteiger partial charge in [-0.1, -0.05) is 17.7 Å². The first-order chi connectivity index (χ1) is 7.68. The molecule has 0 saturated heterocycles. The zero-order valence-electron chi connectivity index (χ0n) is 8.64. The second-order valence-corrected chi connectivity index (χ2v) is 3.66. The highest BCUT2D eigenvalue weighted by molar-refractivity contribution is 6.31. The Morgan fingerprint density at radius 3 is 2.94 bits per heavy atom. The van der Waals surface area contributed by atoms with Crippen molar-refractivity contribution >= 4 is 17.3 Å². The van der Waals surface area contributed by atoms with Gasteiger partial charge in [-0.05, 0) is 19.1 Å². The van der Waals surface area contributed by atoms with Gasteiger partial charge in [0.05, 0.1) is 6.20 Å². The first-order valence-electron chi connectivity index (χ1n) is 4.67. The molecule has 0 aliphatic carbocycles. The SMILES string of the molecule is Cc1c(N)cccc1Oc1ncncc1Cl. The third-order valence-corrected chi connectivity index (χ3v) is 2.43. The van der Waals surface area contributed by atoms with Gasteiger partial charge in [-0.25, -0.2) is 9.97 Å². The summed E-state index contributed by atoms with van der Waals surface area (Å²) in [7, 11) is 0. The summed E-state index contributed by atoms with van der Waals surface area (Å²) in [6, 6.07) is 5.43. The smallest absolute Gasteiger partial charge is 0.241 e. The number of ether oxygens (including phenoxy) is 1. The van der Waals surface area contributed by atoms with Crippen LogP contribution in [0.1, 0.15) is 5.56 Å². The number of rotatable bonds is 2. The van der Waals surface area contributed by atoms with E-state index in [1.54, 1.807) is 0 Å². The van der Waals surface area contributed by atoms with Gasteiger partial charge < -0.3 is 10.5 Å². The number of benzene rings is 1. The van der Waals surface area contributed by atoms with Gasteiger partial charge in [0, 0.05) is 11.3 Å². The van der Waals surface area contributed by atoms with E-state index in [0.29, 0.717) is 22.3 Å². The Labute approximate surface area is 98.0 Å². The molecule has 0 amide bonds. The van der Waals surface area contributed by atoms with Crippen molar-refractivity contribution in [3.05, 3.63) is 41.3 Å². The molecular weight excluding hydrogens is 226 g/mol. The number of nitrogens with zero attached hydrogens (tertiary/aromatic N) is 2. The van der Waals surface area contributed by atoms with E-state index >= 15 is 0 Å². The van der Waals surface area contributed by atoms with Crippen molar-refractivity contribution in [2.45, 2.75) is 6.92 Å². The maximum absolute atomic E-state index is 5.89. The molecule has 2 rings (SSSR count). The monoisotopic (exact) mass is 235 g/mol. The van der Waals surface area contributed by atoms with Crippen LogP contribution in [-0.4, -0.2) is 9.97 Å². The molecule has 0 fully saturated rings. The van der Waals surface area contributed by atoms with Crippen molar-refractivity contribution in [2.75, 3.05) is 5.73 Å². The molecule has 0 spiro atoms. The summed E-state index contributed by atoms with van der Waals surface area (Å²) in [4.78, 5) is 7.72. The number of anilines is 1. The number of hydrogen-bond acceptors (Lipinski definition) is 4. The topological polar surface area (TPSA) is 61.0 Å². The Kier molecular flexibility index (Phi) is 2.92. The molecule has 0 aliphatic heterocycles. The van der Waals surface area contributed by atoms with Crippen molar-refractivity contribution in [3.63, 3.8) is 0 Å². The van der Waals surface area contributed by atoms with Crippen molar-refractivity contribution in [1.29, 1.82) is 0 Å². The van der Waals surface area contributed by atoms with Crippen LogP contribution in [0, 0.1) is 6.92 Å². The molecule has 2 N–H and O–H groups in total. The van der Waals surface area contributed by atoms with Gasteiger partial charge >= 0.3 is 0 Å². The molecule has 1 aromatic carbocycles. The van der Waals surface area contributed by atoms with Crippen LogP contribution in [0.3, 0.4) is 0 Å². The third kappa shape index (κ3) is 2.06. The fraction of sp³-hybridized carbons (Fsp3) is 0.0909. The molecule has 0 atom stereocenters. The zero-order valence-corrected chi connectivity index (χ0v) is 9.40. The highest BCUT2D eigenvalue weighted by Gasteiger charge is 2.07. The maximum atomic E-state index is 5.89. The Morgan fingerprint density at radius 1 is 1.38 bits per heavy atom. The highest BCUT2D eigenvalue weighted by atomic mass is 35.5. The molecule has 0 saturated carbocycles. The Morgan fingerprint density at radius 2 is 2.19 bits per heavy atom. The van der Waals surface area contributed by atoms with E-state index in [4.69, 9.17) is 22.1 Å². The number of aromatic nitrogens is 2. The summed E-state index contributed by atoms with van der Waals surface area (Å²) in [5.74, 6) is 0.964. The molecule has 1 aromatic heterocycles. The van der Waals surface area contributed by atoms with E-state index in [1.165, 1.54) is 12.5 Å². The summed E-state index contributed by atoms with van der Waals surface area (Å²) >= 11 is 5.89. The second kappa shape index (κ2) is 4.37. The van der Waals surface area contributed by atoms with Gasteiger partial charge in [0.2, 0.25) is 5.88 Å². The lowest BCUT2D eigenvalue weighted by Gasteiger charge is -2.09. The van der Waals surface area contributed by atoms with Gasteiger partial charge in [-0.15, -0.1) is 0 Å². The number of halogens is 1. The first kappa shape index (κ1) is 10.7. The summed E-state index contributed by atoms with van der Waals surface area (Å²) in [6.45, 7) is 1.87. The van der Waals surface area contributed by atoms with Gasteiger partial charge in [-0.2, -0.15) is 0 Å².